The van der Waals surface area contributed by atoms with Crippen LogP contribution in [0.25, 0.3) is 0 Å². The van der Waals surface area contributed by atoms with Gasteiger partial charge in [-0.15, -0.1) is 0 Å². The Morgan fingerprint density at radius 3 is 2.67 bits per heavy atom. The molecule has 1 saturated heterocycles. The fourth-order valence-electron chi connectivity index (χ4n) is 2.56. The molecule has 0 spiro atoms. The smallest absolute Gasteiger partial charge is 0.419 e. The van der Waals surface area contributed by atoms with E-state index in [1.165, 1.54) is 6.07 Å². The SMILES string of the molecule is O=C(O)CCC1CCN(c2ccc(C(F)(F)F)c(F)c2)C1. The Morgan fingerprint density at radius 1 is 1.38 bits per heavy atom. The number of nitrogens with zero attached hydrogens (tertiary/aromatic N) is 1. The van der Waals surface area contributed by atoms with Crippen LogP contribution in [0.3, 0.4) is 0 Å². The second-order valence-electron chi connectivity index (χ2n) is 5.20. The maximum atomic E-state index is 13.5. The lowest BCUT2D eigenvalue weighted by Crippen LogP contribution is -2.20. The highest BCUT2D eigenvalue weighted by Gasteiger charge is 2.34. The fourth-order valence-corrected chi connectivity index (χ4v) is 2.56. The summed E-state index contributed by atoms with van der Waals surface area (Å²) in [5, 5.41) is 8.63. The molecule has 3 nitrogen and oxygen atoms in total. The molecule has 1 aliphatic rings. The van der Waals surface area contributed by atoms with Crippen LogP contribution in [0, 0.1) is 11.7 Å². The van der Waals surface area contributed by atoms with Gasteiger partial charge in [-0.1, -0.05) is 0 Å². The summed E-state index contributed by atoms with van der Waals surface area (Å²) in [6.07, 6.45) is -3.34. The minimum absolute atomic E-state index is 0.0693. The molecule has 0 amide bonds. The molecular weight excluding hydrogens is 290 g/mol. The van der Waals surface area contributed by atoms with Gasteiger partial charge in [0.15, 0.2) is 0 Å². The summed E-state index contributed by atoms with van der Waals surface area (Å²) < 4.78 is 51.0. The van der Waals surface area contributed by atoms with Gasteiger partial charge in [0.05, 0.1) is 5.56 Å². The van der Waals surface area contributed by atoms with E-state index in [-0.39, 0.29) is 12.3 Å². The van der Waals surface area contributed by atoms with Gasteiger partial charge in [-0.3, -0.25) is 4.79 Å². The third-order valence-electron chi connectivity index (χ3n) is 3.68. The average molecular weight is 305 g/mol. The predicted molar refractivity (Wildman–Crippen MR) is 68.6 cm³/mol. The standard InChI is InChI=1S/C14H15F4NO2/c15-12-7-10(2-3-11(12)14(16,17)18)19-6-5-9(8-19)1-4-13(20)21/h2-3,7,9H,1,4-6,8H2,(H,20,21). The van der Waals surface area contributed by atoms with Crippen LogP contribution < -0.4 is 4.90 Å². The second-order valence-corrected chi connectivity index (χ2v) is 5.20. The maximum absolute atomic E-state index is 13.5. The summed E-state index contributed by atoms with van der Waals surface area (Å²) in [4.78, 5) is 12.3. The molecule has 0 bridgehead atoms. The molecule has 7 heteroatoms. The van der Waals surface area contributed by atoms with Gasteiger partial charge in [0.2, 0.25) is 0 Å². The lowest BCUT2D eigenvalue weighted by Gasteiger charge is -2.20. The van der Waals surface area contributed by atoms with Crippen molar-refractivity contribution in [3.63, 3.8) is 0 Å². The fraction of sp³-hybridized carbons (Fsp3) is 0.500. The molecule has 0 radical (unpaired) electrons. The van der Waals surface area contributed by atoms with Crippen LogP contribution in [-0.2, 0) is 11.0 Å². The van der Waals surface area contributed by atoms with E-state index in [0.717, 1.165) is 18.6 Å². The van der Waals surface area contributed by atoms with Gasteiger partial charge in [-0.05, 0) is 37.0 Å². The van der Waals surface area contributed by atoms with Gasteiger partial charge in [-0.25, -0.2) is 4.39 Å². The Balaban J connectivity index is 2.04. The Kier molecular flexibility index (Phi) is 4.39. The van der Waals surface area contributed by atoms with Crippen LogP contribution in [0.1, 0.15) is 24.8 Å². The van der Waals surface area contributed by atoms with Crippen LogP contribution in [-0.4, -0.2) is 24.2 Å². The minimum atomic E-state index is -4.70. The van der Waals surface area contributed by atoms with E-state index in [9.17, 15) is 22.4 Å². The summed E-state index contributed by atoms with van der Waals surface area (Å²) in [5.74, 6) is -1.98. The van der Waals surface area contributed by atoms with E-state index >= 15 is 0 Å². The molecule has 21 heavy (non-hydrogen) atoms. The summed E-state index contributed by atoms with van der Waals surface area (Å²) in [6.45, 7) is 1.13. The molecule has 0 aromatic heterocycles. The largest absolute Gasteiger partial charge is 0.481 e. The monoisotopic (exact) mass is 305 g/mol. The quantitative estimate of drug-likeness (QED) is 0.865. The van der Waals surface area contributed by atoms with Crippen molar-refractivity contribution in [1.82, 2.24) is 0 Å². The Hall–Kier alpha value is -1.79. The molecule has 1 unspecified atom stereocenters. The Labute approximate surface area is 119 Å². The second kappa shape index (κ2) is 5.91. The highest BCUT2D eigenvalue weighted by atomic mass is 19.4. The summed E-state index contributed by atoms with van der Waals surface area (Å²) in [6, 6.07) is 2.89. The zero-order valence-corrected chi connectivity index (χ0v) is 11.2. The molecule has 2 rings (SSSR count). The summed E-state index contributed by atoms with van der Waals surface area (Å²) in [7, 11) is 0. The summed E-state index contributed by atoms with van der Waals surface area (Å²) >= 11 is 0. The first kappa shape index (κ1) is 15.6. The van der Waals surface area contributed by atoms with Crippen molar-refractivity contribution in [3.8, 4) is 0 Å². The molecule has 1 aliphatic heterocycles. The Morgan fingerprint density at radius 2 is 2.10 bits per heavy atom. The van der Waals surface area contributed by atoms with Crippen molar-refractivity contribution < 1.29 is 27.5 Å². The first-order valence-electron chi connectivity index (χ1n) is 6.61. The van der Waals surface area contributed by atoms with Gasteiger partial charge >= 0.3 is 12.1 Å². The van der Waals surface area contributed by atoms with Gasteiger partial charge < -0.3 is 10.0 Å². The van der Waals surface area contributed by atoms with Gasteiger partial charge in [-0.2, -0.15) is 13.2 Å². The van der Waals surface area contributed by atoms with Crippen LogP contribution in [0.15, 0.2) is 18.2 Å². The molecule has 0 saturated carbocycles. The molecule has 116 valence electrons. The number of hydrogen-bond acceptors (Lipinski definition) is 2. The van der Waals surface area contributed by atoms with E-state index in [1.807, 2.05) is 0 Å². The molecule has 1 atom stereocenters. The van der Waals surface area contributed by atoms with Crippen molar-refractivity contribution in [2.45, 2.75) is 25.4 Å². The number of alkyl halides is 3. The molecular formula is C14H15F4NO2. The molecule has 0 aliphatic carbocycles. The first-order chi connectivity index (χ1) is 9.77. The molecule has 1 heterocycles. The number of hydrogen-bond donors (Lipinski definition) is 1. The van der Waals surface area contributed by atoms with Crippen molar-refractivity contribution in [3.05, 3.63) is 29.6 Å². The number of rotatable bonds is 4. The van der Waals surface area contributed by atoms with Gasteiger partial charge in [0, 0.05) is 25.2 Å². The maximum Gasteiger partial charge on any atom is 0.419 e. The lowest BCUT2D eigenvalue weighted by molar-refractivity contribution is -0.140. The van der Waals surface area contributed by atoms with Crippen molar-refractivity contribution in [2.24, 2.45) is 5.92 Å². The third-order valence-corrected chi connectivity index (χ3v) is 3.68. The van der Waals surface area contributed by atoms with Crippen LogP contribution in [0.5, 0.6) is 0 Å². The van der Waals surface area contributed by atoms with Crippen LogP contribution in [0.2, 0.25) is 0 Å². The molecule has 1 fully saturated rings. The molecule has 1 aromatic rings. The molecule has 1 N–H and O–H groups in total. The molecule has 1 aromatic carbocycles. The van der Waals surface area contributed by atoms with E-state index in [0.29, 0.717) is 25.2 Å². The third kappa shape index (κ3) is 3.86. The number of carbonyl (C=O) groups is 1. The Bertz CT molecular complexity index is 530. The van der Waals surface area contributed by atoms with E-state index in [4.69, 9.17) is 5.11 Å². The van der Waals surface area contributed by atoms with Gasteiger partial charge in [0.1, 0.15) is 5.82 Å². The minimum Gasteiger partial charge on any atom is -0.481 e. The van der Waals surface area contributed by atoms with Crippen molar-refractivity contribution >= 4 is 11.7 Å². The topological polar surface area (TPSA) is 40.5 Å². The number of anilines is 1. The summed E-state index contributed by atoms with van der Waals surface area (Å²) in [5.41, 5.74) is -0.869. The highest BCUT2D eigenvalue weighted by molar-refractivity contribution is 5.66. The van der Waals surface area contributed by atoms with E-state index in [2.05, 4.69) is 0 Å². The van der Waals surface area contributed by atoms with E-state index in [1.54, 1.807) is 4.90 Å². The first-order valence-corrected chi connectivity index (χ1v) is 6.61. The predicted octanol–water partition coefficient (Wildman–Crippen LogP) is 3.54. The van der Waals surface area contributed by atoms with Crippen LogP contribution in [0.4, 0.5) is 23.2 Å². The highest BCUT2D eigenvalue weighted by Crippen LogP contribution is 2.34. The number of carboxylic acids is 1. The van der Waals surface area contributed by atoms with E-state index < -0.39 is 23.5 Å². The number of halogens is 4. The normalized spacial score (nSPS) is 19.0. The van der Waals surface area contributed by atoms with Crippen molar-refractivity contribution in [2.75, 3.05) is 18.0 Å². The number of carboxylic acid groups (broad SMARTS) is 1. The zero-order chi connectivity index (χ0) is 15.6. The van der Waals surface area contributed by atoms with Gasteiger partial charge in [0.25, 0.3) is 0 Å². The van der Waals surface area contributed by atoms with Crippen molar-refractivity contribution in [1.29, 1.82) is 0 Å². The average Bonchev–Trinajstić information content (AvgIpc) is 2.83. The lowest BCUT2D eigenvalue weighted by atomic mass is 10.0. The number of benzene rings is 1. The number of aliphatic carboxylic acids is 1. The zero-order valence-electron chi connectivity index (χ0n) is 11.2. The van der Waals surface area contributed by atoms with Crippen LogP contribution >= 0.6 is 0 Å².